The second-order valence-electron chi connectivity index (χ2n) is 9.40. The molecule has 11 nitrogen and oxygen atoms in total. The molecule has 0 aliphatic rings. The van der Waals surface area contributed by atoms with Crippen molar-refractivity contribution in [3.8, 4) is 11.5 Å². The second kappa shape index (κ2) is 14.4. The van der Waals surface area contributed by atoms with Gasteiger partial charge in [0.2, 0.25) is 11.8 Å². The van der Waals surface area contributed by atoms with Gasteiger partial charge in [-0.3, -0.25) is 14.4 Å². The molecule has 0 bridgehead atoms. The fourth-order valence-corrected chi connectivity index (χ4v) is 4.03. The molecule has 3 rings (SSSR count). The highest BCUT2D eigenvalue weighted by Gasteiger charge is 2.24. The average molecular weight is 563 g/mol. The number of hydrogen-bond acceptors (Lipinski definition) is 6. The number of anilines is 3. The van der Waals surface area contributed by atoms with E-state index in [2.05, 4.69) is 21.3 Å². The van der Waals surface area contributed by atoms with Crippen molar-refractivity contribution < 1.29 is 33.8 Å². The molecule has 4 amide bonds. The zero-order valence-corrected chi connectivity index (χ0v) is 23.3. The maximum atomic E-state index is 12.9. The minimum atomic E-state index is -1.10. The first kappa shape index (κ1) is 30.5. The molecule has 216 valence electrons. The molecule has 0 heterocycles. The molecule has 0 aliphatic heterocycles. The van der Waals surface area contributed by atoms with Crippen LogP contribution >= 0.6 is 0 Å². The Hall–Kier alpha value is -5.06. The van der Waals surface area contributed by atoms with E-state index in [-0.39, 0.29) is 12.8 Å². The lowest BCUT2D eigenvalue weighted by molar-refractivity contribution is -0.138. The quantitative estimate of drug-likeness (QED) is 0.209. The summed E-state index contributed by atoms with van der Waals surface area (Å²) >= 11 is 0. The SMILES string of the molecule is COc1ccc(C(CC(=O)O)NC(=O)[C@@H](C)CC(=O)Nc2ccc(NC(=O)Nc3ccccc3C)cc2)cc1OC. The van der Waals surface area contributed by atoms with Crippen LogP contribution in [-0.2, 0) is 14.4 Å². The standard InChI is InChI=1S/C30H34N4O7/c1-18-7-5-6-8-23(18)34-30(39)32-22-12-10-21(11-13-22)31-27(35)15-19(2)29(38)33-24(17-28(36)37)20-9-14-25(40-3)26(16-20)41-4/h5-14,16,19,24H,15,17H2,1-4H3,(H,31,35)(H,33,38)(H,36,37)(H2,32,34,39)/t19-,24?/m0/s1. The molecule has 11 heteroatoms. The molecule has 0 fully saturated rings. The molecule has 0 aliphatic carbocycles. The Bertz CT molecular complexity index is 1390. The first-order valence-corrected chi connectivity index (χ1v) is 12.9. The number of para-hydroxylation sites is 1. The van der Waals surface area contributed by atoms with E-state index in [0.29, 0.717) is 34.1 Å². The number of methoxy groups -OCH3 is 2. The van der Waals surface area contributed by atoms with Crippen LogP contribution in [0.25, 0.3) is 0 Å². The Kier molecular flexibility index (Phi) is 10.7. The number of carbonyl (C=O) groups excluding carboxylic acids is 3. The van der Waals surface area contributed by atoms with E-state index < -0.39 is 35.8 Å². The summed E-state index contributed by atoms with van der Waals surface area (Å²) in [5, 5.41) is 20.3. The van der Waals surface area contributed by atoms with Gasteiger partial charge in [0, 0.05) is 29.4 Å². The van der Waals surface area contributed by atoms with Crippen molar-refractivity contribution in [3.05, 3.63) is 77.9 Å². The van der Waals surface area contributed by atoms with Gasteiger partial charge < -0.3 is 35.8 Å². The highest BCUT2D eigenvalue weighted by molar-refractivity contribution is 6.00. The summed E-state index contributed by atoms with van der Waals surface area (Å²) in [6.07, 6.45) is -0.486. The van der Waals surface area contributed by atoms with Gasteiger partial charge in [0.1, 0.15) is 0 Å². The molecule has 0 radical (unpaired) electrons. The Labute approximate surface area is 238 Å². The number of urea groups is 1. The van der Waals surface area contributed by atoms with Crippen LogP contribution in [0.3, 0.4) is 0 Å². The van der Waals surface area contributed by atoms with Gasteiger partial charge in [-0.1, -0.05) is 31.2 Å². The largest absolute Gasteiger partial charge is 0.493 e. The zero-order chi connectivity index (χ0) is 29.9. The van der Waals surface area contributed by atoms with E-state index in [1.165, 1.54) is 14.2 Å². The summed E-state index contributed by atoms with van der Waals surface area (Å²) in [4.78, 5) is 49.3. The molecule has 3 aromatic rings. The molecule has 0 saturated carbocycles. The first-order valence-electron chi connectivity index (χ1n) is 12.9. The summed E-state index contributed by atoms with van der Waals surface area (Å²) in [5.74, 6) is -1.84. The fraction of sp³-hybridized carbons (Fsp3) is 0.267. The highest BCUT2D eigenvalue weighted by Crippen LogP contribution is 2.31. The van der Waals surface area contributed by atoms with Crippen molar-refractivity contribution in [2.75, 3.05) is 30.2 Å². The van der Waals surface area contributed by atoms with E-state index in [4.69, 9.17) is 9.47 Å². The topological polar surface area (TPSA) is 155 Å². The zero-order valence-electron chi connectivity index (χ0n) is 23.3. The van der Waals surface area contributed by atoms with Crippen molar-refractivity contribution in [2.24, 2.45) is 5.92 Å². The molecular weight excluding hydrogens is 528 g/mol. The Morgan fingerprint density at radius 3 is 2.05 bits per heavy atom. The summed E-state index contributed by atoms with van der Waals surface area (Å²) in [5.41, 5.74) is 3.17. The van der Waals surface area contributed by atoms with Gasteiger partial charge in [-0.25, -0.2) is 4.79 Å². The summed E-state index contributed by atoms with van der Waals surface area (Å²) in [6.45, 7) is 3.48. The summed E-state index contributed by atoms with van der Waals surface area (Å²) < 4.78 is 10.5. The third-order valence-electron chi connectivity index (χ3n) is 6.26. The lowest BCUT2D eigenvalue weighted by atomic mass is 10.0. The molecule has 0 saturated heterocycles. The average Bonchev–Trinajstić information content (AvgIpc) is 2.94. The number of hydrogen-bond donors (Lipinski definition) is 5. The molecule has 5 N–H and O–H groups in total. The van der Waals surface area contributed by atoms with Gasteiger partial charge in [-0.05, 0) is 60.5 Å². The van der Waals surface area contributed by atoms with E-state index in [0.717, 1.165) is 5.56 Å². The van der Waals surface area contributed by atoms with E-state index in [9.17, 15) is 24.3 Å². The maximum absolute atomic E-state index is 12.9. The van der Waals surface area contributed by atoms with Crippen LogP contribution in [0.4, 0.5) is 21.9 Å². The first-order chi connectivity index (χ1) is 19.6. The van der Waals surface area contributed by atoms with Gasteiger partial charge >= 0.3 is 12.0 Å². The van der Waals surface area contributed by atoms with Crippen LogP contribution in [0.5, 0.6) is 11.5 Å². The third kappa shape index (κ3) is 8.99. The van der Waals surface area contributed by atoms with E-state index >= 15 is 0 Å². The van der Waals surface area contributed by atoms with Gasteiger partial charge in [0.05, 0.1) is 26.7 Å². The highest BCUT2D eigenvalue weighted by atomic mass is 16.5. The molecule has 0 spiro atoms. The third-order valence-corrected chi connectivity index (χ3v) is 6.26. The van der Waals surface area contributed by atoms with Crippen molar-refractivity contribution in [2.45, 2.75) is 32.7 Å². The van der Waals surface area contributed by atoms with Crippen molar-refractivity contribution in [1.82, 2.24) is 5.32 Å². The smallest absolute Gasteiger partial charge is 0.323 e. The van der Waals surface area contributed by atoms with E-state index in [1.54, 1.807) is 55.5 Å². The monoisotopic (exact) mass is 562 g/mol. The van der Waals surface area contributed by atoms with Crippen molar-refractivity contribution >= 4 is 40.9 Å². The van der Waals surface area contributed by atoms with Gasteiger partial charge in [0.25, 0.3) is 0 Å². The number of benzene rings is 3. The number of nitrogens with one attached hydrogen (secondary N) is 4. The van der Waals surface area contributed by atoms with Crippen molar-refractivity contribution in [1.29, 1.82) is 0 Å². The van der Waals surface area contributed by atoms with Crippen LogP contribution < -0.4 is 30.7 Å². The number of ether oxygens (including phenoxy) is 2. The predicted octanol–water partition coefficient (Wildman–Crippen LogP) is 4.95. The van der Waals surface area contributed by atoms with Crippen LogP contribution in [0.2, 0.25) is 0 Å². The number of aliphatic carboxylic acids is 1. The van der Waals surface area contributed by atoms with Crippen LogP contribution in [0.1, 0.15) is 36.9 Å². The van der Waals surface area contributed by atoms with Gasteiger partial charge in [-0.2, -0.15) is 0 Å². The van der Waals surface area contributed by atoms with Crippen LogP contribution in [0.15, 0.2) is 66.7 Å². The Balaban J connectivity index is 1.55. The normalized spacial score (nSPS) is 11.9. The van der Waals surface area contributed by atoms with Crippen molar-refractivity contribution in [3.63, 3.8) is 0 Å². The number of aryl methyl sites for hydroxylation is 1. The number of carboxylic acids is 1. The molecule has 0 aromatic heterocycles. The second-order valence-corrected chi connectivity index (χ2v) is 9.40. The number of carboxylic acid groups (broad SMARTS) is 1. The number of amides is 4. The maximum Gasteiger partial charge on any atom is 0.323 e. The Morgan fingerprint density at radius 1 is 0.805 bits per heavy atom. The molecule has 1 unspecified atom stereocenters. The number of rotatable bonds is 12. The summed E-state index contributed by atoms with van der Waals surface area (Å²) in [6, 6.07) is 17.6. The van der Waals surface area contributed by atoms with E-state index in [1.807, 2.05) is 25.1 Å². The molecule has 41 heavy (non-hydrogen) atoms. The fourth-order valence-electron chi connectivity index (χ4n) is 4.03. The molecule has 3 aromatic carbocycles. The lowest BCUT2D eigenvalue weighted by Gasteiger charge is -2.21. The van der Waals surface area contributed by atoms with Crippen LogP contribution in [-0.4, -0.2) is 43.1 Å². The Morgan fingerprint density at radius 2 is 1.44 bits per heavy atom. The minimum absolute atomic E-state index is 0.129. The van der Waals surface area contributed by atoms with Crippen LogP contribution in [0, 0.1) is 12.8 Å². The van der Waals surface area contributed by atoms with Gasteiger partial charge in [0.15, 0.2) is 11.5 Å². The minimum Gasteiger partial charge on any atom is -0.493 e. The molecule has 2 atom stereocenters. The molecular formula is C30H34N4O7. The number of carbonyl (C=O) groups is 4. The van der Waals surface area contributed by atoms with Gasteiger partial charge in [-0.15, -0.1) is 0 Å². The summed E-state index contributed by atoms with van der Waals surface area (Å²) in [7, 11) is 2.94. The predicted molar refractivity (Wildman–Crippen MR) is 155 cm³/mol. The lowest BCUT2D eigenvalue weighted by Crippen LogP contribution is -2.35.